The summed E-state index contributed by atoms with van der Waals surface area (Å²) in [5.41, 5.74) is 0.00330. The van der Waals surface area contributed by atoms with E-state index in [2.05, 4.69) is 0 Å². The Morgan fingerprint density at radius 3 is 2.50 bits per heavy atom. The quantitative estimate of drug-likeness (QED) is 0.654. The van der Waals surface area contributed by atoms with Gasteiger partial charge in [-0.1, -0.05) is 30.3 Å². The first-order chi connectivity index (χ1) is 10.5. The number of nitro groups is 1. The van der Waals surface area contributed by atoms with Crippen LogP contribution in [0, 0.1) is 15.9 Å². The third-order valence-corrected chi connectivity index (χ3v) is 2.92. The van der Waals surface area contributed by atoms with Crippen LogP contribution >= 0.6 is 0 Å². The van der Waals surface area contributed by atoms with Crippen molar-refractivity contribution in [1.82, 2.24) is 0 Å². The molecule has 7 heteroatoms. The Bertz CT molecular complexity index is 703. The molecule has 22 heavy (non-hydrogen) atoms. The van der Waals surface area contributed by atoms with E-state index in [0.29, 0.717) is 5.56 Å². The zero-order valence-corrected chi connectivity index (χ0v) is 11.4. The van der Waals surface area contributed by atoms with Gasteiger partial charge >= 0.3 is 11.7 Å². The number of rotatable bonds is 6. The molecule has 0 radical (unpaired) electrons. The molecular formula is C15H12FNO5. The SMILES string of the molecule is O=C(O)Cc1ccc([N+](=O)[O-])c(OCc2ccccc2)c1F. The molecule has 2 rings (SSSR count). The van der Waals surface area contributed by atoms with Gasteiger partial charge in [-0.15, -0.1) is 0 Å². The molecule has 0 aliphatic carbocycles. The first-order valence-electron chi connectivity index (χ1n) is 6.33. The van der Waals surface area contributed by atoms with Crippen LogP contribution in [0.2, 0.25) is 0 Å². The highest BCUT2D eigenvalue weighted by molar-refractivity contribution is 5.71. The second-order valence-electron chi connectivity index (χ2n) is 4.49. The molecule has 6 nitrogen and oxygen atoms in total. The highest BCUT2D eigenvalue weighted by Gasteiger charge is 2.23. The number of carbonyl (C=O) groups is 1. The van der Waals surface area contributed by atoms with Crippen molar-refractivity contribution in [2.75, 3.05) is 0 Å². The Morgan fingerprint density at radius 2 is 1.91 bits per heavy atom. The van der Waals surface area contributed by atoms with Gasteiger partial charge in [0, 0.05) is 11.6 Å². The van der Waals surface area contributed by atoms with Crippen LogP contribution in [0.5, 0.6) is 5.75 Å². The lowest BCUT2D eigenvalue weighted by Crippen LogP contribution is -2.07. The molecule has 1 N–H and O–H groups in total. The summed E-state index contributed by atoms with van der Waals surface area (Å²) in [6.07, 6.45) is -0.578. The summed E-state index contributed by atoms with van der Waals surface area (Å²) in [7, 11) is 0. The fourth-order valence-electron chi connectivity index (χ4n) is 1.90. The maximum atomic E-state index is 14.3. The van der Waals surface area contributed by atoms with Crippen molar-refractivity contribution in [3.8, 4) is 5.75 Å². The zero-order chi connectivity index (χ0) is 16.1. The van der Waals surface area contributed by atoms with Crippen LogP contribution in [0.15, 0.2) is 42.5 Å². The lowest BCUT2D eigenvalue weighted by atomic mass is 10.1. The molecule has 0 saturated heterocycles. The fraction of sp³-hybridized carbons (Fsp3) is 0.133. The first-order valence-corrected chi connectivity index (χ1v) is 6.33. The van der Waals surface area contributed by atoms with Gasteiger partial charge in [0.25, 0.3) is 0 Å². The van der Waals surface area contributed by atoms with E-state index < -0.39 is 34.6 Å². The molecule has 114 valence electrons. The topological polar surface area (TPSA) is 89.7 Å². The van der Waals surface area contributed by atoms with Crippen molar-refractivity contribution in [2.45, 2.75) is 13.0 Å². The second kappa shape index (κ2) is 6.66. The van der Waals surface area contributed by atoms with Crippen molar-refractivity contribution >= 4 is 11.7 Å². The van der Waals surface area contributed by atoms with Gasteiger partial charge in [0.15, 0.2) is 5.82 Å². The Morgan fingerprint density at radius 1 is 1.23 bits per heavy atom. The van der Waals surface area contributed by atoms with E-state index in [9.17, 15) is 19.3 Å². The molecule has 0 spiro atoms. The molecular weight excluding hydrogens is 293 g/mol. The number of benzene rings is 2. The summed E-state index contributed by atoms with van der Waals surface area (Å²) in [4.78, 5) is 20.9. The van der Waals surface area contributed by atoms with Crippen LogP contribution in [-0.4, -0.2) is 16.0 Å². The van der Waals surface area contributed by atoms with Crippen molar-refractivity contribution in [3.05, 3.63) is 69.5 Å². The van der Waals surface area contributed by atoms with Crippen molar-refractivity contribution in [2.24, 2.45) is 0 Å². The van der Waals surface area contributed by atoms with Crippen LogP contribution in [0.4, 0.5) is 10.1 Å². The first kappa shape index (κ1) is 15.4. The number of ether oxygens (including phenoxy) is 1. The number of nitro benzene ring substituents is 1. The zero-order valence-electron chi connectivity index (χ0n) is 11.4. The van der Waals surface area contributed by atoms with Crippen LogP contribution in [0.3, 0.4) is 0 Å². The fourth-order valence-corrected chi connectivity index (χ4v) is 1.90. The van der Waals surface area contributed by atoms with E-state index in [0.717, 1.165) is 12.1 Å². The van der Waals surface area contributed by atoms with Crippen molar-refractivity contribution < 1.29 is 24.0 Å². The molecule has 0 bridgehead atoms. The molecule has 0 aromatic heterocycles. The van der Waals surface area contributed by atoms with Gasteiger partial charge in [-0.05, 0) is 11.6 Å². The Balaban J connectivity index is 2.33. The standard InChI is InChI=1S/C15H12FNO5/c16-14-11(8-13(18)19)6-7-12(17(20)21)15(14)22-9-10-4-2-1-3-5-10/h1-7H,8-9H2,(H,18,19). The summed E-state index contributed by atoms with van der Waals surface area (Å²) in [5.74, 6) is -2.80. The molecule has 0 saturated carbocycles. The molecule has 0 fully saturated rings. The number of halogens is 1. The third-order valence-electron chi connectivity index (χ3n) is 2.92. The van der Waals surface area contributed by atoms with E-state index >= 15 is 0 Å². The van der Waals surface area contributed by atoms with Crippen molar-refractivity contribution in [3.63, 3.8) is 0 Å². The monoisotopic (exact) mass is 305 g/mol. The normalized spacial score (nSPS) is 10.2. The predicted octanol–water partition coefficient (Wildman–Crippen LogP) is 2.94. The molecule has 0 aliphatic rings. The molecule has 0 atom stereocenters. The van der Waals surface area contributed by atoms with Gasteiger partial charge in [-0.2, -0.15) is 0 Å². The van der Waals surface area contributed by atoms with Gasteiger partial charge in [-0.3, -0.25) is 14.9 Å². The minimum atomic E-state index is -1.23. The van der Waals surface area contributed by atoms with Crippen LogP contribution in [-0.2, 0) is 17.8 Å². The molecule has 2 aromatic rings. The minimum absolute atomic E-state index is 0.0604. The highest BCUT2D eigenvalue weighted by Crippen LogP contribution is 2.33. The van der Waals surface area contributed by atoms with E-state index in [4.69, 9.17) is 9.84 Å². The smallest absolute Gasteiger partial charge is 0.314 e. The average Bonchev–Trinajstić information content (AvgIpc) is 2.48. The summed E-state index contributed by atoms with van der Waals surface area (Å²) in [5, 5.41) is 19.7. The number of carboxylic acids is 1. The number of aliphatic carboxylic acids is 1. The van der Waals surface area contributed by atoms with Crippen LogP contribution in [0.25, 0.3) is 0 Å². The molecule has 2 aromatic carbocycles. The average molecular weight is 305 g/mol. The Kier molecular flexibility index (Phi) is 4.67. The van der Waals surface area contributed by atoms with Gasteiger partial charge < -0.3 is 9.84 Å². The summed E-state index contributed by atoms with van der Waals surface area (Å²) >= 11 is 0. The van der Waals surface area contributed by atoms with Crippen molar-refractivity contribution in [1.29, 1.82) is 0 Å². The number of nitrogens with zero attached hydrogens (tertiary/aromatic N) is 1. The minimum Gasteiger partial charge on any atom is -0.481 e. The van der Waals surface area contributed by atoms with Crippen LogP contribution in [0.1, 0.15) is 11.1 Å². The maximum absolute atomic E-state index is 14.3. The van der Waals surface area contributed by atoms with Crippen LogP contribution < -0.4 is 4.74 Å². The van der Waals surface area contributed by atoms with Gasteiger partial charge in [0.2, 0.25) is 5.75 Å². The van der Waals surface area contributed by atoms with E-state index in [-0.39, 0.29) is 12.2 Å². The van der Waals surface area contributed by atoms with Gasteiger partial charge in [0.1, 0.15) is 6.61 Å². The summed E-state index contributed by atoms with van der Waals surface area (Å²) in [6.45, 7) is -0.0604. The summed E-state index contributed by atoms with van der Waals surface area (Å²) < 4.78 is 19.5. The third kappa shape index (κ3) is 3.57. The molecule has 0 amide bonds. The number of carboxylic acid groups (broad SMARTS) is 1. The molecule has 0 aliphatic heterocycles. The van der Waals surface area contributed by atoms with E-state index in [1.54, 1.807) is 30.3 Å². The lowest BCUT2D eigenvalue weighted by molar-refractivity contribution is -0.386. The van der Waals surface area contributed by atoms with E-state index in [1.165, 1.54) is 0 Å². The largest absolute Gasteiger partial charge is 0.481 e. The van der Waals surface area contributed by atoms with Gasteiger partial charge in [-0.25, -0.2) is 4.39 Å². The Hall–Kier alpha value is -2.96. The molecule has 0 unspecified atom stereocenters. The predicted molar refractivity (Wildman–Crippen MR) is 75.2 cm³/mol. The van der Waals surface area contributed by atoms with E-state index in [1.807, 2.05) is 0 Å². The summed E-state index contributed by atoms with van der Waals surface area (Å²) in [6, 6.07) is 10.9. The Labute approximate surface area is 124 Å². The molecule has 0 heterocycles. The maximum Gasteiger partial charge on any atom is 0.314 e. The lowest BCUT2D eigenvalue weighted by Gasteiger charge is -2.10. The second-order valence-corrected chi connectivity index (χ2v) is 4.49. The highest BCUT2D eigenvalue weighted by atomic mass is 19.1. The number of hydrogen-bond acceptors (Lipinski definition) is 4. The van der Waals surface area contributed by atoms with Gasteiger partial charge in [0.05, 0.1) is 11.3 Å². The number of hydrogen-bond donors (Lipinski definition) is 1.